The zero-order chi connectivity index (χ0) is 23.8. The van der Waals surface area contributed by atoms with E-state index >= 15 is 0 Å². The van der Waals surface area contributed by atoms with Crippen LogP contribution in [0.2, 0.25) is 5.02 Å². The van der Waals surface area contributed by atoms with Crippen LogP contribution < -0.4 is 5.32 Å². The van der Waals surface area contributed by atoms with Crippen molar-refractivity contribution in [2.45, 2.75) is 54.5 Å². The van der Waals surface area contributed by atoms with Gasteiger partial charge in [0.25, 0.3) is 6.47 Å². The lowest BCUT2D eigenvalue weighted by Gasteiger charge is -2.16. The van der Waals surface area contributed by atoms with Crippen LogP contribution in [0.15, 0.2) is 65.3 Å². The van der Waals surface area contributed by atoms with Crippen LogP contribution in [0.4, 0.5) is 5.69 Å². The fourth-order valence-corrected chi connectivity index (χ4v) is 2.74. The van der Waals surface area contributed by atoms with Crippen LogP contribution in [0.3, 0.4) is 0 Å². The molecule has 0 bridgehead atoms. The lowest BCUT2D eigenvalue weighted by molar-refractivity contribution is -0.122. The number of aryl methyl sites for hydroxylation is 1. The smallest absolute Gasteiger partial charge is 0.290 e. The van der Waals surface area contributed by atoms with Crippen molar-refractivity contribution < 1.29 is 14.3 Å². The summed E-state index contributed by atoms with van der Waals surface area (Å²) in [5, 5.41) is 11.1. The third kappa shape index (κ3) is 11.3. The van der Waals surface area contributed by atoms with Gasteiger partial charge in [-0.05, 0) is 55.2 Å². The molecule has 170 valence electrons. The first kappa shape index (κ1) is 28.3. The van der Waals surface area contributed by atoms with Gasteiger partial charge in [0, 0.05) is 22.3 Å². The first-order valence-electron chi connectivity index (χ1n) is 10.5. The molecule has 0 saturated carbocycles. The van der Waals surface area contributed by atoms with Gasteiger partial charge in [0.15, 0.2) is 0 Å². The summed E-state index contributed by atoms with van der Waals surface area (Å²) < 4.78 is 5.36. The molecule has 0 aliphatic carbocycles. The molecule has 0 amide bonds. The number of rotatable bonds is 4. The van der Waals surface area contributed by atoms with Gasteiger partial charge in [-0.1, -0.05) is 76.6 Å². The number of hydrogen-bond donors (Lipinski definition) is 2. The average Bonchev–Trinajstić information content (AvgIpc) is 3.16. The van der Waals surface area contributed by atoms with Gasteiger partial charge in [-0.15, -0.1) is 0 Å². The maximum Gasteiger partial charge on any atom is 0.290 e. The number of nitrogens with one attached hydrogen (secondary N) is 1. The third-order valence-electron chi connectivity index (χ3n) is 3.79. The van der Waals surface area contributed by atoms with Crippen molar-refractivity contribution in [2.75, 3.05) is 5.32 Å². The first-order valence-corrected chi connectivity index (χ1v) is 10.9. The Balaban J connectivity index is 0.000000865. The van der Waals surface area contributed by atoms with Gasteiger partial charge in [0.2, 0.25) is 0 Å². The first-order chi connectivity index (χ1) is 14.8. The number of anilines is 1. The van der Waals surface area contributed by atoms with Gasteiger partial charge >= 0.3 is 0 Å². The highest BCUT2D eigenvalue weighted by molar-refractivity contribution is 6.30. The number of hydrogen-bond acceptors (Lipinski definition) is 3. The van der Waals surface area contributed by atoms with Crippen LogP contribution in [0.1, 0.15) is 58.9 Å². The van der Waals surface area contributed by atoms with Gasteiger partial charge < -0.3 is 14.8 Å². The Labute approximate surface area is 192 Å². The molecule has 0 aliphatic rings. The second-order valence-corrected chi connectivity index (χ2v) is 7.66. The zero-order valence-electron chi connectivity index (χ0n) is 19.6. The average molecular weight is 446 g/mol. The fourth-order valence-electron chi connectivity index (χ4n) is 2.55. The number of halogens is 1. The van der Waals surface area contributed by atoms with E-state index < -0.39 is 0 Å². The molecule has 1 heterocycles. The summed E-state index contributed by atoms with van der Waals surface area (Å²) in [5.41, 5.74) is 4.56. The molecule has 3 rings (SSSR count). The molecular formula is C26H36ClNO3. The Morgan fingerprint density at radius 1 is 1.00 bits per heavy atom. The van der Waals surface area contributed by atoms with Crippen molar-refractivity contribution in [3.05, 3.63) is 77.2 Å². The van der Waals surface area contributed by atoms with Gasteiger partial charge in [0.1, 0.15) is 5.76 Å². The molecule has 0 spiro atoms. The summed E-state index contributed by atoms with van der Waals surface area (Å²) >= 11 is 6.02. The van der Waals surface area contributed by atoms with E-state index in [-0.39, 0.29) is 12.5 Å². The van der Waals surface area contributed by atoms with Gasteiger partial charge in [-0.3, -0.25) is 4.79 Å². The Morgan fingerprint density at radius 2 is 1.55 bits per heavy atom. The molecule has 3 aromatic rings. The molecular weight excluding hydrogens is 410 g/mol. The topological polar surface area (TPSA) is 62.5 Å². The third-order valence-corrected chi connectivity index (χ3v) is 4.02. The molecule has 1 atom stereocenters. The van der Waals surface area contributed by atoms with Crippen LogP contribution in [0.5, 0.6) is 0 Å². The van der Waals surface area contributed by atoms with Crippen LogP contribution in [0, 0.1) is 12.8 Å². The van der Waals surface area contributed by atoms with Crippen LogP contribution >= 0.6 is 11.6 Å². The van der Waals surface area contributed by atoms with E-state index in [2.05, 4.69) is 57.3 Å². The minimum Gasteiger partial charge on any atom is -0.483 e. The highest BCUT2D eigenvalue weighted by atomic mass is 35.5. The molecule has 0 fully saturated rings. The number of carbonyl (C=O) groups is 1. The fraction of sp³-hybridized carbons (Fsp3) is 0.346. The summed E-state index contributed by atoms with van der Waals surface area (Å²) in [6, 6.07) is 18.5. The second-order valence-electron chi connectivity index (χ2n) is 7.23. The number of furan rings is 1. The lowest BCUT2D eigenvalue weighted by atomic mass is 10.0. The maximum atomic E-state index is 8.36. The van der Waals surface area contributed by atoms with Crippen LogP contribution in [0.25, 0.3) is 11.1 Å². The standard InChI is InChI=1S/C19H18ClNO.C4H10.C2H6.CH2O2/c1-13(21-18-5-3-4-17(20)12-18)15-6-8-16(9-7-15)19-10-11-22-14(19)2;1-4(2)3;1-2;2-1-3/h3-13,21H,1-2H3;4H,1-3H3;1-2H3;1H,(H,2,3). The Bertz CT molecular complexity index is 854. The quantitative estimate of drug-likeness (QED) is 0.395. The number of benzene rings is 2. The van der Waals surface area contributed by atoms with E-state index in [9.17, 15) is 0 Å². The van der Waals surface area contributed by atoms with E-state index in [1.54, 1.807) is 6.26 Å². The molecule has 1 aromatic heterocycles. The zero-order valence-corrected chi connectivity index (χ0v) is 20.4. The summed E-state index contributed by atoms with van der Waals surface area (Å²) in [4.78, 5) is 8.36. The summed E-state index contributed by atoms with van der Waals surface area (Å²) in [5.74, 6) is 1.78. The highest BCUT2D eigenvalue weighted by Crippen LogP contribution is 2.27. The Morgan fingerprint density at radius 3 is 2.00 bits per heavy atom. The molecule has 1 unspecified atom stereocenters. The monoisotopic (exact) mass is 445 g/mol. The Hall–Kier alpha value is -2.72. The largest absolute Gasteiger partial charge is 0.483 e. The predicted octanol–water partition coefficient (Wildman–Crippen LogP) is 8.47. The molecule has 0 aliphatic heterocycles. The van der Waals surface area contributed by atoms with Crippen LogP contribution in [-0.4, -0.2) is 11.6 Å². The molecule has 2 N–H and O–H groups in total. The van der Waals surface area contributed by atoms with Crippen molar-refractivity contribution in [3.8, 4) is 11.1 Å². The minimum absolute atomic E-state index is 0.206. The second kappa shape index (κ2) is 16.0. The van der Waals surface area contributed by atoms with Crippen molar-refractivity contribution in [1.29, 1.82) is 0 Å². The Kier molecular flexibility index (Phi) is 14.6. The molecule has 4 nitrogen and oxygen atoms in total. The lowest BCUT2D eigenvalue weighted by Crippen LogP contribution is -2.06. The maximum absolute atomic E-state index is 8.36. The van der Waals surface area contributed by atoms with Crippen LogP contribution in [-0.2, 0) is 4.79 Å². The summed E-state index contributed by atoms with van der Waals surface area (Å²) in [6.07, 6.45) is 1.72. The molecule has 2 aromatic carbocycles. The molecule has 0 radical (unpaired) electrons. The number of carboxylic acid groups (broad SMARTS) is 1. The SMILES string of the molecule is CC.CC(C)C.Cc1occc1-c1ccc(C(C)Nc2cccc(Cl)c2)cc1.O=CO. The minimum atomic E-state index is -0.250. The van der Waals surface area contributed by atoms with Crippen molar-refractivity contribution in [1.82, 2.24) is 0 Å². The molecule has 31 heavy (non-hydrogen) atoms. The van der Waals surface area contributed by atoms with Gasteiger partial charge in [-0.25, -0.2) is 0 Å². The van der Waals surface area contributed by atoms with E-state index in [0.29, 0.717) is 0 Å². The normalized spacial score (nSPS) is 10.4. The van der Waals surface area contributed by atoms with Gasteiger partial charge in [-0.2, -0.15) is 0 Å². The summed E-state index contributed by atoms with van der Waals surface area (Å²) in [7, 11) is 0. The van der Waals surface area contributed by atoms with E-state index in [1.165, 1.54) is 11.1 Å². The van der Waals surface area contributed by atoms with E-state index in [1.807, 2.05) is 51.1 Å². The van der Waals surface area contributed by atoms with E-state index in [4.69, 9.17) is 25.9 Å². The van der Waals surface area contributed by atoms with Crippen molar-refractivity contribution in [2.24, 2.45) is 5.92 Å². The van der Waals surface area contributed by atoms with Crippen molar-refractivity contribution in [3.63, 3.8) is 0 Å². The predicted molar refractivity (Wildman–Crippen MR) is 133 cm³/mol. The van der Waals surface area contributed by atoms with Crippen molar-refractivity contribution >= 4 is 23.8 Å². The van der Waals surface area contributed by atoms with Gasteiger partial charge in [0.05, 0.1) is 6.26 Å². The molecule has 5 heteroatoms. The highest BCUT2D eigenvalue weighted by Gasteiger charge is 2.08. The summed E-state index contributed by atoms with van der Waals surface area (Å²) in [6.45, 7) is 14.4. The van der Waals surface area contributed by atoms with E-state index in [0.717, 1.165) is 28.0 Å². The molecule has 0 saturated heterocycles.